The molecule has 4 nitrogen and oxygen atoms in total. The van der Waals surface area contributed by atoms with E-state index in [0.717, 1.165) is 31.5 Å². The maximum Gasteiger partial charge on any atom is 0.266 e. The van der Waals surface area contributed by atoms with Crippen LogP contribution in [0, 0.1) is 0 Å². The summed E-state index contributed by atoms with van der Waals surface area (Å²) in [5.41, 5.74) is 0.923. The topological polar surface area (TPSA) is 46.9 Å². The molecule has 1 atom stereocenters. The van der Waals surface area contributed by atoms with Gasteiger partial charge >= 0.3 is 0 Å². The van der Waals surface area contributed by atoms with Crippen LogP contribution in [0.4, 0.5) is 0 Å². The molecule has 0 bridgehead atoms. The first kappa shape index (κ1) is 13.9. The molecule has 17 heavy (non-hydrogen) atoms. The predicted molar refractivity (Wildman–Crippen MR) is 70.0 cm³/mol. The van der Waals surface area contributed by atoms with Gasteiger partial charge < -0.3 is 5.32 Å². The first-order chi connectivity index (χ1) is 8.17. The van der Waals surface area contributed by atoms with Crippen molar-refractivity contribution in [2.45, 2.75) is 59.2 Å². The summed E-state index contributed by atoms with van der Waals surface area (Å²) in [6, 6.07) is 3.89. The SMILES string of the molecule is CCCCn1nc(CNC(C)CC)ccc1=O. The molecule has 1 N–H and O–H groups in total. The van der Waals surface area contributed by atoms with Crippen LogP contribution in [0.25, 0.3) is 0 Å². The van der Waals surface area contributed by atoms with E-state index in [1.165, 1.54) is 0 Å². The van der Waals surface area contributed by atoms with Crippen molar-refractivity contribution < 1.29 is 0 Å². The Hall–Kier alpha value is -1.16. The molecule has 1 unspecified atom stereocenters. The van der Waals surface area contributed by atoms with Crippen molar-refractivity contribution in [1.82, 2.24) is 15.1 Å². The van der Waals surface area contributed by atoms with E-state index < -0.39 is 0 Å². The van der Waals surface area contributed by atoms with E-state index in [1.54, 1.807) is 16.8 Å². The van der Waals surface area contributed by atoms with Crippen LogP contribution in [0.1, 0.15) is 45.7 Å². The molecule has 0 saturated heterocycles. The second-order valence-corrected chi connectivity index (χ2v) is 4.43. The van der Waals surface area contributed by atoms with E-state index in [2.05, 4.69) is 31.2 Å². The Balaban J connectivity index is 2.64. The Labute approximate surface area is 103 Å². The second kappa shape index (κ2) is 7.22. The molecule has 0 aromatic carbocycles. The van der Waals surface area contributed by atoms with E-state index >= 15 is 0 Å². The molecule has 0 spiro atoms. The van der Waals surface area contributed by atoms with E-state index in [0.29, 0.717) is 12.6 Å². The van der Waals surface area contributed by atoms with Crippen LogP contribution < -0.4 is 10.9 Å². The fraction of sp³-hybridized carbons (Fsp3) is 0.692. The van der Waals surface area contributed by atoms with Crippen LogP contribution in [-0.4, -0.2) is 15.8 Å². The zero-order chi connectivity index (χ0) is 12.7. The highest BCUT2D eigenvalue weighted by Gasteiger charge is 2.02. The van der Waals surface area contributed by atoms with Crippen LogP contribution >= 0.6 is 0 Å². The number of unbranched alkanes of at least 4 members (excludes halogenated alkanes) is 1. The van der Waals surface area contributed by atoms with Crippen LogP contribution in [0.15, 0.2) is 16.9 Å². The standard InChI is InChI=1S/C13H23N3O/c1-4-6-9-16-13(17)8-7-12(15-16)10-14-11(3)5-2/h7-8,11,14H,4-6,9-10H2,1-3H3. The maximum atomic E-state index is 11.6. The molecule has 4 heteroatoms. The molecule has 96 valence electrons. The Morgan fingerprint density at radius 3 is 2.82 bits per heavy atom. The lowest BCUT2D eigenvalue weighted by atomic mass is 10.2. The number of nitrogens with one attached hydrogen (secondary N) is 1. The van der Waals surface area contributed by atoms with Gasteiger partial charge in [0.15, 0.2) is 0 Å². The van der Waals surface area contributed by atoms with E-state index in [4.69, 9.17) is 0 Å². The third-order valence-corrected chi connectivity index (χ3v) is 2.89. The molecule has 0 saturated carbocycles. The largest absolute Gasteiger partial charge is 0.309 e. The van der Waals surface area contributed by atoms with Crippen molar-refractivity contribution >= 4 is 0 Å². The molecular formula is C13H23N3O. The third-order valence-electron chi connectivity index (χ3n) is 2.89. The molecule has 0 aliphatic carbocycles. The van der Waals surface area contributed by atoms with E-state index in [-0.39, 0.29) is 5.56 Å². The molecule has 1 heterocycles. The fourth-order valence-corrected chi connectivity index (χ4v) is 1.48. The third kappa shape index (κ3) is 4.69. The summed E-state index contributed by atoms with van der Waals surface area (Å²) in [6.45, 7) is 7.84. The lowest BCUT2D eigenvalue weighted by Gasteiger charge is -2.11. The smallest absolute Gasteiger partial charge is 0.266 e. The van der Waals surface area contributed by atoms with E-state index in [9.17, 15) is 4.79 Å². The molecule has 0 aliphatic heterocycles. The number of hydrogen-bond acceptors (Lipinski definition) is 3. The van der Waals surface area contributed by atoms with Crippen LogP contribution in [0.3, 0.4) is 0 Å². The van der Waals surface area contributed by atoms with Gasteiger partial charge in [0.1, 0.15) is 0 Å². The molecule has 0 fully saturated rings. The Kier molecular flexibility index (Phi) is 5.91. The average Bonchev–Trinajstić information content (AvgIpc) is 2.35. The Bertz CT molecular complexity index is 386. The van der Waals surface area contributed by atoms with Crippen LogP contribution in [-0.2, 0) is 13.1 Å². The lowest BCUT2D eigenvalue weighted by molar-refractivity contribution is 0.497. The summed E-state index contributed by atoms with van der Waals surface area (Å²) >= 11 is 0. The minimum atomic E-state index is -0.00857. The molecule has 0 radical (unpaired) electrons. The Morgan fingerprint density at radius 2 is 2.18 bits per heavy atom. The molecular weight excluding hydrogens is 214 g/mol. The zero-order valence-corrected chi connectivity index (χ0v) is 11.1. The molecule has 1 aromatic rings. The maximum absolute atomic E-state index is 11.6. The first-order valence-corrected chi connectivity index (χ1v) is 6.47. The van der Waals surface area contributed by atoms with Gasteiger partial charge in [0, 0.05) is 25.2 Å². The summed E-state index contributed by atoms with van der Waals surface area (Å²) < 4.78 is 1.57. The van der Waals surface area contributed by atoms with Gasteiger partial charge in [-0.05, 0) is 25.8 Å². The highest BCUT2D eigenvalue weighted by Crippen LogP contribution is 1.96. The quantitative estimate of drug-likeness (QED) is 0.788. The van der Waals surface area contributed by atoms with Gasteiger partial charge in [0.2, 0.25) is 0 Å². The van der Waals surface area contributed by atoms with Crippen molar-refractivity contribution in [3.05, 3.63) is 28.2 Å². The number of rotatable bonds is 7. The molecule has 1 rings (SSSR count). The lowest BCUT2D eigenvalue weighted by Crippen LogP contribution is -2.28. The summed E-state index contributed by atoms with van der Waals surface area (Å²) in [7, 11) is 0. The van der Waals surface area contributed by atoms with Gasteiger partial charge in [0.25, 0.3) is 5.56 Å². The van der Waals surface area contributed by atoms with Crippen molar-refractivity contribution in [2.24, 2.45) is 0 Å². The molecule has 0 amide bonds. The minimum absolute atomic E-state index is 0.00857. The summed E-state index contributed by atoms with van der Waals surface area (Å²) in [5, 5.41) is 7.73. The average molecular weight is 237 g/mol. The zero-order valence-electron chi connectivity index (χ0n) is 11.1. The summed E-state index contributed by atoms with van der Waals surface area (Å²) in [5.74, 6) is 0. The predicted octanol–water partition coefficient (Wildman–Crippen LogP) is 1.93. The number of aryl methyl sites for hydroxylation is 1. The summed E-state index contributed by atoms with van der Waals surface area (Å²) in [4.78, 5) is 11.6. The van der Waals surface area contributed by atoms with Gasteiger partial charge in [-0.3, -0.25) is 4.79 Å². The van der Waals surface area contributed by atoms with Gasteiger partial charge in [-0.25, -0.2) is 4.68 Å². The Morgan fingerprint density at radius 1 is 1.41 bits per heavy atom. The highest BCUT2D eigenvalue weighted by atomic mass is 16.1. The number of hydrogen-bond donors (Lipinski definition) is 1. The first-order valence-electron chi connectivity index (χ1n) is 6.47. The van der Waals surface area contributed by atoms with Gasteiger partial charge in [-0.2, -0.15) is 5.10 Å². The van der Waals surface area contributed by atoms with Crippen molar-refractivity contribution in [3.63, 3.8) is 0 Å². The van der Waals surface area contributed by atoms with Crippen LogP contribution in [0.5, 0.6) is 0 Å². The highest BCUT2D eigenvalue weighted by molar-refractivity contribution is 5.00. The van der Waals surface area contributed by atoms with Crippen molar-refractivity contribution in [3.8, 4) is 0 Å². The number of aromatic nitrogens is 2. The number of nitrogens with zero attached hydrogens (tertiary/aromatic N) is 2. The second-order valence-electron chi connectivity index (χ2n) is 4.43. The van der Waals surface area contributed by atoms with Crippen molar-refractivity contribution in [2.75, 3.05) is 0 Å². The van der Waals surface area contributed by atoms with Crippen LogP contribution in [0.2, 0.25) is 0 Å². The van der Waals surface area contributed by atoms with Crippen molar-refractivity contribution in [1.29, 1.82) is 0 Å². The monoisotopic (exact) mass is 237 g/mol. The van der Waals surface area contributed by atoms with Gasteiger partial charge in [-0.1, -0.05) is 20.3 Å². The van der Waals surface area contributed by atoms with Gasteiger partial charge in [-0.15, -0.1) is 0 Å². The fourth-order valence-electron chi connectivity index (χ4n) is 1.48. The summed E-state index contributed by atoms with van der Waals surface area (Å²) in [6.07, 6.45) is 3.16. The molecule has 1 aromatic heterocycles. The normalized spacial score (nSPS) is 12.6. The molecule has 0 aliphatic rings. The van der Waals surface area contributed by atoms with Gasteiger partial charge in [0.05, 0.1) is 5.69 Å². The van der Waals surface area contributed by atoms with E-state index in [1.807, 2.05) is 0 Å². The minimum Gasteiger partial charge on any atom is -0.309 e.